The molecule has 0 radical (unpaired) electrons. The Hall–Kier alpha value is -1.61. The number of anilines is 1. The number of hydrogen-bond donors (Lipinski definition) is 1. The summed E-state index contributed by atoms with van der Waals surface area (Å²) in [6, 6.07) is 13.4. The Labute approximate surface area is 114 Å². The average molecular weight is 302 g/mol. The van der Waals surface area contributed by atoms with Gasteiger partial charge >= 0.3 is 0 Å². The number of para-hydroxylation sites is 1. The number of halogens is 1. The summed E-state index contributed by atoms with van der Waals surface area (Å²) in [6.07, 6.45) is 0.997. The lowest BCUT2D eigenvalue weighted by Crippen LogP contribution is -2.05. The number of carbonyl (C=O) groups excluding carboxylic acids is 1. The molecule has 1 N–H and O–H groups in total. The van der Waals surface area contributed by atoms with Gasteiger partial charge in [-0.2, -0.15) is 0 Å². The average Bonchev–Trinajstić information content (AvgIpc) is 2.87. The molecule has 1 aliphatic rings. The zero-order valence-corrected chi connectivity index (χ0v) is 11.3. The zero-order valence-electron chi connectivity index (χ0n) is 9.74. The predicted molar refractivity (Wildman–Crippen MR) is 76.2 cm³/mol. The van der Waals surface area contributed by atoms with Crippen molar-refractivity contribution in [3.05, 3.63) is 63.6 Å². The van der Waals surface area contributed by atoms with Crippen molar-refractivity contribution in [2.75, 3.05) is 11.9 Å². The summed E-state index contributed by atoms with van der Waals surface area (Å²) in [7, 11) is 0. The molecule has 0 spiro atoms. The van der Waals surface area contributed by atoms with Gasteiger partial charge < -0.3 is 5.32 Å². The van der Waals surface area contributed by atoms with Crippen molar-refractivity contribution in [2.24, 2.45) is 0 Å². The van der Waals surface area contributed by atoms with E-state index >= 15 is 0 Å². The van der Waals surface area contributed by atoms with Crippen molar-refractivity contribution in [2.45, 2.75) is 6.42 Å². The number of nitrogens with one attached hydrogen (secondary N) is 1. The minimum Gasteiger partial charge on any atom is -0.384 e. The number of benzene rings is 2. The molecule has 18 heavy (non-hydrogen) atoms. The van der Waals surface area contributed by atoms with Gasteiger partial charge in [0.1, 0.15) is 0 Å². The maximum atomic E-state index is 12.5. The smallest absolute Gasteiger partial charge is 0.195 e. The van der Waals surface area contributed by atoms with Gasteiger partial charge in [-0.1, -0.05) is 28.1 Å². The molecule has 3 rings (SSSR count). The molecular formula is C15H12BrNO. The first kappa shape index (κ1) is 11.5. The Balaban J connectivity index is 2.03. The van der Waals surface area contributed by atoms with Crippen LogP contribution in [-0.4, -0.2) is 12.3 Å². The van der Waals surface area contributed by atoms with Gasteiger partial charge in [-0.15, -0.1) is 0 Å². The Bertz CT molecular complexity index is 604. The molecule has 0 bridgehead atoms. The summed E-state index contributed by atoms with van der Waals surface area (Å²) >= 11 is 3.38. The van der Waals surface area contributed by atoms with Gasteiger partial charge in [0.25, 0.3) is 0 Å². The molecule has 2 aromatic carbocycles. The molecule has 0 saturated carbocycles. The van der Waals surface area contributed by atoms with Crippen molar-refractivity contribution >= 4 is 27.4 Å². The van der Waals surface area contributed by atoms with E-state index in [-0.39, 0.29) is 5.78 Å². The van der Waals surface area contributed by atoms with E-state index < -0.39 is 0 Å². The third-order valence-electron chi connectivity index (χ3n) is 3.20. The molecular weight excluding hydrogens is 290 g/mol. The van der Waals surface area contributed by atoms with Crippen LogP contribution in [0.5, 0.6) is 0 Å². The van der Waals surface area contributed by atoms with Crippen LogP contribution in [0.4, 0.5) is 5.69 Å². The summed E-state index contributed by atoms with van der Waals surface area (Å²) in [6.45, 7) is 0.917. The number of hydrogen-bond acceptors (Lipinski definition) is 2. The summed E-state index contributed by atoms with van der Waals surface area (Å²) in [4.78, 5) is 12.5. The summed E-state index contributed by atoms with van der Waals surface area (Å²) < 4.78 is 0.982. The van der Waals surface area contributed by atoms with Gasteiger partial charge in [0.15, 0.2) is 5.78 Å². The topological polar surface area (TPSA) is 29.1 Å². The van der Waals surface area contributed by atoms with E-state index in [0.29, 0.717) is 0 Å². The second-order valence-corrected chi connectivity index (χ2v) is 5.27. The van der Waals surface area contributed by atoms with E-state index in [1.54, 1.807) is 0 Å². The lowest BCUT2D eigenvalue weighted by molar-refractivity contribution is 0.103. The van der Waals surface area contributed by atoms with Crippen LogP contribution in [0.1, 0.15) is 21.5 Å². The van der Waals surface area contributed by atoms with Crippen molar-refractivity contribution in [1.82, 2.24) is 0 Å². The van der Waals surface area contributed by atoms with Crippen LogP contribution in [0, 0.1) is 0 Å². The van der Waals surface area contributed by atoms with Gasteiger partial charge in [0, 0.05) is 27.8 Å². The molecule has 0 aliphatic carbocycles. The Morgan fingerprint density at radius 1 is 1.11 bits per heavy atom. The molecule has 3 heteroatoms. The number of fused-ring (bicyclic) bond motifs is 1. The van der Waals surface area contributed by atoms with E-state index in [4.69, 9.17) is 0 Å². The van der Waals surface area contributed by atoms with Crippen LogP contribution in [0.2, 0.25) is 0 Å². The Morgan fingerprint density at radius 2 is 1.89 bits per heavy atom. The first-order valence-electron chi connectivity index (χ1n) is 5.92. The first-order chi connectivity index (χ1) is 8.75. The number of rotatable bonds is 2. The van der Waals surface area contributed by atoms with Crippen LogP contribution in [0.25, 0.3) is 0 Å². The molecule has 0 amide bonds. The zero-order chi connectivity index (χ0) is 12.5. The fourth-order valence-electron chi connectivity index (χ4n) is 2.29. The third-order valence-corrected chi connectivity index (χ3v) is 3.73. The second kappa shape index (κ2) is 4.58. The molecule has 0 fully saturated rings. The minimum atomic E-state index is 0.0775. The molecule has 0 atom stereocenters. The number of carbonyl (C=O) groups is 1. The molecule has 2 aromatic rings. The lowest BCUT2D eigenvalue weighted by atomic mass is 9.99. The maximum absolute atomic E-state index is 12.5. The van der Waals surface area contributed by atoms with E-state index in [0.717, 1.165) is 34.3 Å². The first-order valence-corrected chi connectivity index (χ1v) is 6.71. The minimum absolute atomic E-state index is 0.0775. The number of ketones is 1. The summed E-state index contributed by atoms with van der Waals surface area (Å²) in [5.41, 5.74) is 3.73. The van der Waals surface area contributed by atoms with Crippen LogP contribution in [-0.2, 0) is 6.42 Å². The van der Waals surface area contributed by atoms with Crippen LogP contribution in [0.3, 0.4) is 0 Å². The maximum Gasteiger partial charge on any atom is 0.195 e. The Morgan fingerprint density at radius 3 is 2.67 bits per heavy atom. The van der Waals surface area contributed by atoms with Crippen molar-refractivity contribution in [1.29, 1.82) is 0 Å². The highest BCUT2D eigenvalue weighted by Gasteiger charge is 2.19. The molecule has 2 nitrogen and oxygen atoms in total. The van der Waals surface area contributed by atoms with Gasteiger partial charge in [-0.3, -0.25) is 4.79 Å². The molecule has 0 saturated heterocycles. The van der Waals surface area contributed by atoms with E-state index in [1.165, 1.54) is 5.56 Å². The highest BCUT2D eigenvalue weighted by molar-refractivity contribution is 9.10. The largest absolute Gasteiger partial charge is 0.384 e. The van der Waals surface area contributed by atoms with Gasteiger partial charge in [0.2, 0.25) is 0 Å². The van der Waals surface area contributed by atoms with Crippen LogP contribution < -0.4 is 5.32 Å². The van der Waals surface area contributed by atoms with Gasteiger partial charge in [-0.05, 0) is 42.3 Å². The van der Waals surface area contributed by atoms with Crippen LogP contribution >= 0.6 is 15.9 Å². The van der Waals surface area contributed by atoms with Crippen molar-refractivity contribution in [3.8, 4) is 0 Å². The fraction of sp³-hybridized carbons (Fsp3) is 0.133. The van der Waals surface area contributed by atoms with Crippen molar-refractivity contribution < 1.29 is 4.79 Å². The van der Waals surface area contributed by atoms with Gasteiger partial charge in [-0.25, -0.2) is 0 Å². The highest BCUT2D eigenvalue weighted by Crippen LogP contribution is 2.28. The molecule has 0 unspecified atom stereocenters. The fourth-order valence-corrected chi connectivity index (χ4v) is 2.55. The van der Waals surface area contributed by atoms with Gasteiger partial charge in [0.05, 0.1) is 0 Å². The normalized spacial score (nSPS) is 12.9. The van der Waals surface area contributed by atoms with E-state index in [1.807, 2.05) is 36.4 Å². The lowest BCUT2D eigenvalue weighted by Gasteiger charge is -2.08. The Kier molecular flexibility index (Phi) is 2.92. The van der Waals surface area contributed by atoms with E-state index in [2.05, 4.69) is 27.3 Å². The quantitative estimate of drug-likeness (QED) is 0.858. The monoisotopic (exact) mass is 301 g/mol. The molecule has 1 heterocycles. The second-order valence-electron chi connectivity index (χ2n) is 4.35. The van der Waals surface area contributed by atoms with Crippen molar-refractivity contribution in [3.63, 3.8) is 0 Å². The SMILES string of the molecule is O=C(c1ccc(Br)cc1)c1cccc2c1NCC2. The molecule has 1 aliphatic heterocycles. The highest BCUT2D eigenvalue weighted by atomic mass is 79.9. The standard InChI is InChI=1S/C15H12BrNO/c16-12-6-4-11(5-7-12)15(18)13-3-1-2-10-8-9-17-14(10)13/h1-7,17H,8-9H2. The van der Waals surface area contributed by atoms with E-state index in [9.17, 15) is 4.79 Å². The third kappa shape index (κ3) is 1.95. The van der Waals surface area contributed by atoms with Crippen LogP contribution in [0.15, 0.2) is 46.9 Å². The predicted octanol–water partition coefficient (Wildman–Crippen LogP) is 3.65. The summed E-state index contributed by atoms with van der Waals surface area (Å²) in [5, 5.41) is 3.30. The molecule has 90 valence electrons. The molecule has 0 aromatic heterocycles. The summed E-state index contributed by atoms with van der Waals surface area (Å²) in [5.74, 6) is 0.0775.